The first-order valence-corrected chi connectivity index (χ1v) is 9.71. The second-order valence-electron chi connectivity index (χ2n) is 7.05. The molecule has 7 heteroatoms. The number of ether oxygens (including phenoxy) is 1. The lowest BCUT2D eigenvalue weighted by Crippen LogP contribution is -2.47. The van der Waals surface area contributed by atoms with Gasteiger partial charge >= 0.3 is 12.1 Å². The van der Waals surface area contributed by atoms with E-state index >= 15 is 0 Å². The number of alkyl halides is 3. The second kappa shape index (κ2) is 8.86. The van der Waals surface area contributed by atoms with Crippen molar-refractivity contribution in [3.05, 3.63) is 65.2 Å². The van der Waals surface area contributed by atoms with Crippen LogP contribution in [0.4, 0.5) is 13.2 Å². The summed E-state index contributed by atoms with van der Waals surface area (Å²) >= 11 is 0. The highest BCUT2D eigenvalue weighted by Gasteiger charge is 2.41. The Kier molecular flexibility index (Phi) is 6.47. The van der Waals surface area contributed by atoms with Gasteiger partial charge in [-0.1, -0.05) is 42.8 Å². The van der Waals surface area contributed by atoms with Gasteiger partial charge in [-0.2, -0.15) is 13.2 Å². The number of halogens is 3. The van der Waals surface area contributed by atoms with Crippen molar-refractivity contribution in [3.63, 3.8) is 0 Å². The lowest BCUT2D eigenvalue weighted by Gasteiger charge is -2.40. The first-order valence-electron chi connectivity index (χ1n) is 9.71. The maximum absolute atomic E-state index is 13.8. The van der Waals surface area contributed by atoms with Crippen molar-refractivity contribution in [3.8, 4) is 5.75 Å². The van der Waals surface area contributed by atoms with E-state index in [1.54, 1.807) is 42.2 Å². The van der Waals surface area contributed by atoms with Gasteiger partial charge in [-0.15, -0.1) is 0 Å². The molecule has 0 radical (unpaired) electrons. The van der Waals surface area contributed by atoms with Crippen molar-refractivity contribution in [1.29, 1.82) is 0 Å². The van der Waals surface area contributed by atoms with Crippen LogP contribution < -0.4 is 4.74 Å². The number of nitrogens with zero attached hydrogens (tertiary/aromatic N) is 1. The standard InChI is InChI=1S/C22H24F3NO3/c1-2-29-19-13-6-4-10-16(19)20(26-14-8-7-12-18(26)21(27)28)15-9-3-5-11-17(15)22(23,24)25/h3-6,9-11,13,18,20H,2,7-8,12,14H2,1H3,(H,27,28). The van der Waals surface area contributed by atoms with Crippen LogP contribution in [-0.2, 0) is 11.0 Å². The number of hydrogen-bond acceptors (Lipinski definition) is 3. The van der Waals surface area contributed by atoms with Gasteiger partial charge < -0.3 is 9.84 Å². The Morgan fingerprint density at radius 1 is 1.14 bits per heavy atom. The van der Waals surface area contributed by atoms with Gasteiger partial charge in [0, 0.05) is 5.56 Å². The van der Waals surface area contributed by atoms with E-state index in [2.05, 4.69) is 0 Å². The van der Waals surface area contributed by atoms with E-state index in [9.17, 15) is 23.1 Å². The summed E-state index contributed by atoms with van der Waals surface area (Å²) in [5.74, 6) is -0.556. The van der Waals surface area contributed by atoms with Crippen LogP contribution in [-0.4, -0.2) is 35.2 Å². The number of para-hydroxylation sites is 1. The molecule has 2 aromatic rings. The van der Waals surface area contributed by atoms with E-state index in [4.69, 9.17) is 4.74 Å². The summed E-state index contributed by atoms with van der Waals surface area (Å²) in [6.07, 6.45) is -2.69. The third-order valence-corrected chi connectivity index (χ3v) is 5.24. The number of rotatable bonds is 6. The first kappa shape index (κ1) is 21.2. The number of carboxylic acids is 1. The van der Waals surface area contributed by atoms with Gasteiger partial charge in [0.25, 0.3) is 0 Å². The third-order valence-electron chi connectivity index (χ3n) is 5.24. The minimum atomic E-state index is -4.55. The van der Waals surface area contributed by atoms with E-state index in [0.717, 1.165) is 18.9 Å². The fourth-order valence-electron chi connectivity index (χ4n) is 4.04. The van der Waals surface area contributed by atoms with E-state index in [1.807, 2.05) is 0 Å². The van der Waals surface area contributed by atoms with Gasteiger partial charge in [-0.25, -0.2) is 0 Å². The second-order valence-corrected chi connectivity index (χ2v) is 7.05. The number of piperidine rings is 1. The molecule has 1 heterocycles. The number of carbonyl (C=O) groups is 1. The first-order chi connectivity index (χ1) is 13.8. The van der Waals surface area contributed by atoms with Crippen LogP contribution in [0.3, 0.4) is 0 Å². The molecule has 2 atom stereocenters. The van der Waals surface area contributed by atoms with Crippen LogP contribution >= 0.6 is 0 Å². The van der Waals surface area contributed by atoms with Crippen molar-refractivity contribution in [2.24, 2.45) is 0 Å². The number of aliphatic carboxylic acids is 1. The SMILES string of the molecule is CCOc1ccccc1C(c1ccccc1C(F)(F)F)N1CCCCC1C(=O)O. The summed E-state index contributed by atoms with van der Waals surface area (Å²) in [4.78, 5) is 13.6. The van der Waals surface area contributed by atoms with E-state index in [0.29, 0.717) is 30.9 Å². The smallest absolute Gasteiger partial charge is 0.416 e. The molecule has 0 spiro atoms. The fraction of sp³-hybridized carbons (Fsp3) is 0.409. The zero-order valence-corrected chi connectivity index (χ0v) is 16.2. The van der Waals surface area contributed by atoms with Crippen LogP contribution in [0, 0.1) is 0 Å². The van der Waals surface area contributed by atoms with Crippen molar-refractivity contribution in [2.45, 2.75) is 44.4 Å². The lowest BCUT2D eigenvalue weighted by atomic mass is 9.88. The zero-order valence-electron chi connectivity index (χ0n) is 16.2. The Labute approximate surface area is 167 Å². The topological polar surface area (TPSA) is 49.8 Å². The van der Waals surface area contributed by atoms with Gasteiger partial charge in [0.1, 0.15) is 11.8 Å². The van der Waals surface area contributed by atoms with E-state index in [1.165, 1.54) is 12.1 Å². The Morgan fingerprint density at radius 3 is 2.45 bits per heavy atom. The summed E-state index contributed by atoms with van der Waals surface area (Å²) in [7, 11) is 0. The molecular formula is C22H24F3NO3. The molecule has 4 nitrogen and oxygen atoms in total. The quantitative estimate of drug-likeness (QED) is 0.721. The normalized spacial score (nSPS) is 19.0. The zero-order chi connectivity index (χ0) is 21.0. The van der Waals surface area contributed by atoms with Gasteiger partial charge in [0.05, 0.1) is 18.2 Å². The fourth-order valence-corrected chi connectivity index (χ4v) is 4.04. The van der Waals surface area contributed by atoms with Gasteiger partial charge in [0.15, 0.2) is 0 Å². The molecule has 0 saturated carbocycles. The number of hydrogen-bond donors (Lipinski definition) is 1. The largest absolute Gasteiger partial charge is 0.494 e. The Hall–Kier alpha value is -2.54. The summed E-state index contributed by atoms with van der Waals surface area (Å²) in [6.45, 7) is 2.55. The van der Waals surface area contributed by atoms with Crippen LogP contribution in [0.25, 0.3) is 0 Å². The maximum Gasteiger partial charge on any atom is 0.416 e. The minimum absolute atomic E-state index is 0.0419. The molecule has 29 heavy (non-hydrogen) atoms. The van der Waals surface area contributed by atoms with Crippen molar-refractivity contribution >= 4 is 5.97 Å². The van der Waals surface area contributed by atoms with Gasteiger partial charge in [-0.05, 0) is 44.0 Å². The monoisotopic (exact) mass is 407 g/mol. The number of benzene rings is 2. The van der Waals surface area contributed by atoms with Crippen molar-refractivity contribution < 1.29 is 27.8 Å². The molecule has 1 N–H and O–H groups in total. The van der Waals surface area contributed by atoms with Crippen molar-refractivity contribution in [2.75, 3.05) is 13.2 Å². The lowest BCUT2D eigenvalue weighted by molar-refractivity contribution is -0.145. The van der Waals surface area contributed by atoms with Crippen LogP contribution in [0.15, 0.2) is 48.5 Å². The molecule has 0 amide bonds. The minimum Gasteiger partial charge on any atom is -0.494 e. The highest BCUT2D eigenvalue weighted by atomic mass is 19.4. The summed E-state index contributed by atoms with van der Waals surface area (Å²) in [5.41, 5.74) is -0.175. The highest BCUT2D eigenvalue weighted by Crippen LogP contribution is 2.43. The van der Waals surface area contributed by atoms with E-state index in [-0.39, 0.29) is 5.56 Å². The van der Waals surface area contributed by atoms with Crippen LogP contribution in [0.1, 0.15) is 48.9 Å². The molecular weight excluding hydrogens is 383 g/mol. The molecule has 2 unspecified atom stereocenters. The molecule has 2 aromatic carbocycles. The van der Waals surface area contributed by atoms with Crippen molar-refractivity contribution in [1.82, 2.24) is 4.90 Å². The number of likely N-dealkylation sites (tertiary alicyclic amines) is 1. The number of carboxylic acid groups (broad SMARTS) is 1. The predicted molar refractivity (Wildman–Crippen MR) is 103 cm³/mol. The van der Waals surface area contributed by atoms with E-state index < -0.39 is 29.8 Å². The summed E-state index contributed by atoms with van der Waals surface area (Å²) < 4.78 is 47.2. The van der Waals surface area contributed by atoms with Crippen LogP contribution in [0.5, 0.6) is 5.75 Å². The predicted octanol–water partition coefficient (Wildman–Crippen LogP) is 5.13. The van der Waals surface area contributed by atoms with Gasteiger partial charge in [0.2, 0.25) is 0 Å². The van der Waals surface area contributed by atoms with Gasteiger partial charge in [-0.3, -0.25) is 9.69 Å². The maximum atomic E-state index is 13.8. The Morgan fingerprint density at radius 2 is 1.79 bits per heavy atom. The molecule has 1 aliphatic heterocycles. The third kappa shape index (κ3) is 4.56. The highest BCUT2D eigenvalue weighted by molar-refractivity contribution is 5.74. The molecule has 0 bridgehead atoms. The molecule has 1 fully saturated rings. The molecule has 156 valence electrons. The van der Waals surface area contributed by atoms with Crippen LogP contribution in [0.2, 0.25) is 0 Å². The Bertz CT molecular complexity index is 853. The average Bonchev–Trinajstić information content (AvgIpc) is 2.69. The average molecular weight is 407 g/mol. The molecule has 0 aromatic heterocycles. The molecule has 3 rings (SSSR count). The summed E-state index contributed by atoms with van der Waals surface area (Å²) in [5, 5.41) is 9.76. The molecule has 0 aliphatic carbocycles. The summed E-state index contributed by atoms with van der Waals surface area (Å²) in [6, 6.07) is 10.6. The Balaban J connectivity index is 2.23. The molecule has 1 aliphatic rings. The molecule has 1 saturated heterocycles.